The molecular weight excluding hydrogens is 210 g/mol. The lowest BCUT2D eigenvalue weighted by Crippen LogP contribution is -2.30. The molecule has 0 saturated heterocycles. The van der Waals surface area contributed by atoms with Gasteiger partial charge in [0.25, 0.3) is 0 Å². The second-order valence-corrected chi connectivity index (χ2v) is 5.77. The minimum Gasteiger partial charge on any atom is -0.469 e. The zero-order valence-electron chi connectivity index (χ0n) is 10.5. The summed E-state index contributed by atoms with van der Waals surface area (Å²) < 4.78 is 5.52. The van der Waals surface area contributed by atoms with Crippen LogP contribution in [0.1, 0.15) is 44.3 Å². The lowest BCUT2D eigenvalue weighted by Gasteiger charge is -2.23. The molecule has 1 aromatic rings. The van der Waals surface area contributed by atoms with Gasteiger partial charge in [0.1, 0.15) is 5.76 Å². The fourth-order valence-electron chi connectivity index (χ4n) is 3.13. The Kier molecular flexibility index (Phi) is 3.51. The van der Waals surface area contributed by atoms with Crippen molar-refractivity contribution < 1.29 is 4.42 Å². The third-order valence-electron chi connectivity index (χ3n) is 4.36. The molecule has 2 saturated carbocycles. The Morgan fingerprint density at radius 2 is 2.06 bits per heavy atom. The summed E-state index contributed by atoms with van der Waals surface area (Å²) in [6.07, 6.45) is 11.4. The normalized spacial score (nSPS) is 23.1. The number of rotatable bonds is 6. The van der Waals surface area contributed by atoms with Crippen molar-refractivity contribution >= 4 is 0 Å². The SMILES string of the molecule is c1coc(CC(CNC2CC2)C2CCCC2)c1. The molecule has 1 heterocycles. The second kappa shape index (κ2) is 5.26. The first-order chi connectivity index (χ1) is 8.42. The van der Waals surface area contributed by atoms with Crippen molar-refractivity contribution in [3.8, 4) is 0 Å². The highest BCUT2D eigenvalue weighted by Crippen LogP contribution is 2.33. The average Bonchev–Trinajstić information content (AvgIpc) is 2.85. The molecule has 1 aromatic heterocycles. The Morgan fingerprint density at radius 3 is 2.71 bits per heavy atom. The topological polar surface area (TPSA) is 25.2 Å². The van der Waals surface area contributed by atoms with E-state index in [9.17, 15) is 0 Å². The maximum atomic E-state index is 5.52. The molecule has 17 heavy (non-hydrogen) atoms. The molecule has 0 bridgehead atoms. The van der Waals surface area contributed by atoms with Crippen molar-refractivity contribution in [2.75, 3.05) is 6.54 Å². The first-order valence-electron chi connectivity index (χ1n) is 7.17. The highest BCUT2D eigenvalue weighted by molar-refractivity contribution is 5.00. The van der Waals surface area contributed by atoms with E-state index in [-0.39, 0.29) is 0 Å². The smallest absolute Gasteiger partial charge is 0.104 e. The van der Waals surface area contributed by atoms with Crippen molar-refractivity contribution in [1.82, 2.24) is 5.32 Å². The summed E-state index contributed by atoms with van der Waals surface area (Å²) >= 11 is 0. The molecule has 0 radical (unpaired) electrons. The first kappa shape index (κ1) is 11.3. The highest BCUT2D eigenvalue weighted by Gasteiger charge is 2.28. The predicted octanol–water partition coefficient (Wildman–Crippen LogP) is 3.38. The van der Waals surface area contributed by atoms with Gasteiger partial charge in [0, 0.05) is 12.5 Å². The average molecular weight is 233 g/mol. The van der Waals surface area contributed by atoms with Crippen molar-refractivity contribution in [2.24, 2.45) is 11.8 Å². The van der Waals surface area contributed by atoms with Gasteiger partial charge in [0.15, 0.2) is 0 Å². The molecule has 2 aliphatic carbocycles. The molecule has 1 atom stereocenters. The van der Waals surface area contributed by atoms with Crippen molar-refractivity contribution in [2.45, 2.75) is 51.0 Å². The van der Waals surface area contributed by atoms with Gasteiger partial charge in [-0.3, -0.25) is 0 Å². The summed E-state index contributed by atoms with van der Waals surface area (Å²) in [5.74, 6) is 2.87. The fraction of sp³-hybridized carbons (Fsp3) is 0.733. The third-order valence-corrected chi connectivity index (χ3v) is 4.36. The van der Waals surface area contributed by atoms with Gasteiger partial charge < -0.3 is 9.73 Å². The van der Waals surface area contributed by atoms with E-state index in [0.29, 0.717) is 0 Å². The van der Waals surface area contributed by atoms with E-state index in [0.717, 1.165) is 24.3 Å². The van der Waals surface area contributed by atoms with Gasteiger partial charge in [-0.05, 0) is 43.4 Å². The molecule has 0 spiro atoms. The van der Waals surface area contributed by atoms with Gasteiger partial charge in [-0.25, -0.2) is 0 Å². The van der Waals surface area contributed by atoms with Crippen LogP contribution in [0.5, 0.6) is 0 Å². The maximum absolute atomic E-state index is 5.52. The lowest BCUT2D eigenvalue weighted by molar-refractivity contribution is 0.301. The molecule has 0 aliphatic heterocycles. The molecule has 0 amide bonds. The predicted molar refractivity (Wildman–Crippen MR) is 68.9 cm³/mol. The van der Waals surface area contributed by atoms with Gasteiger partial charge in [-0.2, -0.15) is 0 Å². The van der Waals surface area contributed by atoms with Gasteiger partial charge in [0.2, 0.25) is 0 Å². The molecule has 2 aliphatic rings. The third kappa shape index (κ3) is 3.12. The Bertz CT molecular complexity index is 323. The van der Waals surface area contributed by atoms with Crippen molar-refractivity contribution in [3.63, 3.8) is 0 Å². The van der Waals surface area contributed by atoms with E-state index >= 15 is 0 Å². The van der Waals surface area contributed by atoms with E-state index in [2.05, 4.69) is 11.4 Å². The molecular formula is C15H23NO. The molecule has 1 N–H and O–H groups in total. The maximum Gasteiger partial charge on any atom is 0.104 e. The molecule has 3 rings (SSSR count). The summed E-state index contributed by atoms with van der Waals surface area (Å²) in [5.41, 5.74) is 0. The summed E-state index contributed by atoms with van der Waals surface area (Å²) in [6.45, 7) is 1.19. The summed E-state index contributed by atoms with van der Waals surface area (Å²) in [5, 5.41) is 3.70. The van der Waals surface area contributed by atoms with Crippen LogP contribution in [-0.2, 0) is 6.42 Å². The van der Waals surface area contributed by atoms with Crippen LogP contribution in [0.2, 0.25) is 0 Å². The van der Waals surface area contributed by atoms with Crippen LogP contribution >= 0.6 is 0 Å². The Hall–Kier alpha value is -0.760. The van der Waals surface area contributed by atoms with Crippen LogP contribution in [0.25, 0.3) is 0 Å². The minimum atomic E-state index is 0.782. The van der Waals surface area contributed by atoms with Crippen LogP contribution in [0.3, 0.4) is 0 Å². The summed E-state index contributed by atoms with van der Waals surface area (Å²) in [7, 11) is 0. The van der Waals surface area contributed by atoms with Crippen LogP contribution in [0.4, 0.5) is 0 Å². The number of nitrogens with one attached hydrogen (secondary N) is 1. The van der Waals surface area contributed by atoms with E-state index in [4.69, 9.17) is 4.42 Å². The molecule has 0 aromatic carbocycles. The van der Waals surface area contributed by atoms with Gasteiger partial charge in [-0.15, -0.1) is 0 Å². The molecule has 2 nitrogen and oxygen atoms in total. The number of hydrogen-bond acceptors (Lipinski definition) is 2. The first-order valence-corrected chi connectivity index (χ1v) is 7.17. The van der Waals surface area contributed by atoms with Crippen LogP contribution < -0.4 is 5.32 Å². The standard InChI is InChI=1S/C15H23NO/c1-2-5-12(4-1)13(11-16-14-7-8-14)10-15-6-3-9-17-15/h3,6,9,12-14,16H,1-2,4-5,7-8,10-11H2. The van der Waals surface area contributed by atoms with Crippen LogP contribution in [-0.4, -0.2) is 12.6 Å². The van der Waals surface area contributed by atoms with E-state index in [1.54, 1.807) is 6.26 Å². The molecule has 2 fully saturated rings. The zero-order valence-corrected chi connectivity index (χ0v) is 10.5. The van der Waals surface area contributed by atoms with Gasteiger partial charge >= 0.3 is 0 Å². The Morgan fingerprint density at radius 1 is 1.24 bits per heavy atom. The minimum absolute atomic E-state index is 0.782. The molecule has 2 heteroatoms. The van der Waals surface area contributed by atoms with E-state index in [1.165, 1.54) is 50.8 Å². The number of hydrogen-bond donors (Lipinski definition) is 1. The van der Waals surface area contributed by atoms with E-state index in [1.807, 2.05) is 6.07 Å². The van der Waals surface area contributed by atoms with E-state index < -0.39 is 0 Å². The zero-order chi connectivity index (χ0) is 11.5. The Balaban J connectivity index is 1.57. The van der Waals surface area contributed by atoms with Crippen molar-refractivity contribution in [1.29, 1.82) is 0 Å². The molecule has 1 unspecified atom stereocenters. The summed E-state index contributed by atoms with van der Waals surface area (Å²) in [4.78, 5) is 0. The van der Waals surface area contributed by atoms with Crippen LogP contribution in [0, 0.1) is 11.8 Å². The number of furan rings is 1. The summed E-state index contributed by atoms with van der Waals surface area (Å²) in [6, 6.07) is 4.96. The second-order valence-electron chi connectivity index (χ2n) is 5.77. The fourth-order valence-corrected chi connectivity index (χ4v) is 3.13. The highest BCUT2D eigenvalue weighted by atomic mass is 16.3. The lowest BCUT2D eigenvalue weighted by atomic mass is 9.87. The largest absolute Gasteiger partial charge is 0.469 e. The molecule has 94 valence electrons. The Labute approximate surface area is 104 Å². The van der Waals surface area contributed by atoms with Gasteiger partial charge in [-0.1, -0.05) is 25.7 Å². The van der Waals surface area contributed by atoms with Crippen LogP contribution in [0.15, 0.2) is 22.8 Å². The van der Waals surface area contributed by atoms with Crippen molar-refractivity contribution in [3.05, 3.63) is 24.2 Å². The van der Waals surface area contributed by atoms with Gasteiger partial charge in [0.05, 0.1) is 6.26 Å². The quantitative estimate of drug-likeness (QED) is 0.815. The monoisotopic (exact) mass is 233 g/mol.